The van der Waals surface area contributed by atoms with Gasteiger partial charge in [-0.05, 0) is 37.1 Å². The Morgan fingerprint density at radius 3 is 2.68 bits per heavy atom. The van der Waals surface area contributed by atoms with Crippen LogP contribution < -0.4 is 5.56 Å². The number of aryl methyl sites for hydroxylation is 3. The summed E-state index contributed by atoms with van der Waals surface area (Å²) >= 11 is 0. The molecule has 5 nitrogen and oxygen atoms in total. The summed E-state index contributed by atoms with van der Waals surface area (Å²) in [4.78, 5) is 28.2. The number of fused-ring (bicyclic) bond motifs is 1. The summed E-state index contributed by atoms with van der Waals surface area (Å²) in [6.07, 6.45) is 0.0237. The summed E-state index contributed by atoms with van der Waals surface area (Å²) in [5.41, 5.74) is 4.86. The van der Waals surface area contributed by atoms with Crippen molar-refractivity contribution in [2.75, 3.05) is 0 Å². The van der Waals surface area contributed by atoms with Crippen molar-refractivity contribution in [3.63, 3.8) is 0 Å². The molecule has 0 saturated carbocycles. The standard InChI is InChI=1S/C20H20N2O3/c1-13-7-8-14(2)15(11-13)12-22-18-6-4-3-5-16(18)21-17(20(22)25)9-10-19(23)24/h3-8,11H,9-10,12H2,1-2H3,(H,23,24). The van der Waals surface area contributed by atoms with E-state index in [1.54, 1.807) is 4.57 Å². The highest BCUT2D eigenvalue weighted by molar-refractivity contribution is 5.75. The smallest absolute Gasteiger partial charge is 0.303 e. The van der Waals surface area contributed by atoms with Crippen LogP contribution >= 0.6 is 0 Å². The first kappa shape index (κ1) is 16.9. The maximum Gasteiger partial charge on any atom is 0.303 e. The molecule has 3 aromatic rings. The van der Waals surface area contributed by atoms with Crippen LogP contribution in [0.4, 0.5) is 0 Å². The van der Waals surface area contributed by atoms with E-state index in [1.165, 1.54) is 0 Å². The average molecular weight is 336 g/mol. The molecule has 0 amide bonds. The minimum absolute atomic E-state index is 0.107. The number of carbonyl (C=O) groups is 1. The van der Waals surface area contributed by atoms with Crippen LogP contribution in [-0.4, -0.2) is 20.6 Å². The Bertz CT molecular complexity index is 1010. The first-order chi connectivity index (χ1) is 12.0. The second-order valence-electron chi connectivity index (χ2n) is 6.26. The molecule has 0 radical (unpaired) electrons. The van der Waals surface area contributed by atoms with E-state index >= 15 is 0 Å². The second kappa shape index (κ2) is 6.89. The molecule has 3 rings (SSSR count). The number of carboxylic acids is 1. The monoisotopic (exact) mass is 336 g/mol. The topological polar surface area (TPSA) is 72.2 Å². The quantitative estimate of drug-likeness (QED) is 0.777. The van der Waals surface area contributed by atoms with Gasteiger partial charge in [0, 0.05) is 6.42 Å². The van der Waals surface area contributed by atoms with Gasteiger partial charge in [0.25, 0.3) is 5.56 Å². The molecule has 5 heteroatoms. The fourth-order valence-corrected chi connectivity index (χ4v) is 2.93. The lowest BCUT2D eigenvalue weighted by Gasteiger charge is -2.14. The molecule has 1 N–H and O–H groups in total. The van der Waals surface area contributed by atoms with E-state index in [9.17, 15) is 9.59 Å². The van der Waals surface area contributed by atoms with Crippen molar-refractivity contribution in [1.82, 2.24) is 9.55 Å². The van der Waals surface area contributed by atoms with Gasteiger partial charge in [-0.1, -0.05) is 35.9 Å². The highest BCUT2D eigenvalue weighted by atomic mass is 16.4. The number of hydrogen-bond acceptors (Lipinski definition) is 3. The first-order valence-corrected chi connectivity index (χ1v) is 8.22. The van der Waals surface area contributed by atoms with Crippen LogP contribution in [0.1, 0.15) is 28.8 Å². The number of benzene rings is 2. The van der Waals surface area contributed by atoms with Crippen molar-refractivity contribution >= 4 is 17.0 Å². The van der Waals surface area contributed by atoms with Crippen LogP contribution in [-0.2, 0) is 17.8 Å². The lowest BCUT2D eigenvalue weighted by molar-refractivity contribution is -0.136. The maximum absolute atomic E-state index is 12.9. The van der Waals surface area contributed by atoms with Crippen molar-refractivity contribution in [3.05, 3.63) is 75.2 Å². The van der Waals surface area contributed by atoms with Crippen LogP contribution in [0, 0.1) is 13.8 Å². The molecule has 128 valence electrons. The number of para-hydroxylation sites is 2. The Hall–Kier alpha value is -2.95. The average Bonchev–Trinajstić information content (AvgIpc) is 2.58. The van der Waals surface area contributed by atoms with Gasteiger partial charge in [0.15, 0.2) is 0 Å². The molecule has 0 unspecified atom stereocenters. The molecule has 1 aromatic heterocycles. The SMILES string of the molecule is Cc1ccc(C)c(Cn2c(=O)c(CCC(=O)O)nc3ccccc32)c1. The fraction of sp³-hybridized carbons (Fsp3) is 0.250. The number of nitrogens with zero attached hydrogens (tertiary/aromatic N) is 2. The maximum atomic E-state index is 12.9. The molecule has 0 saturated heterocycles. The molecule has 0 atom stereocenters. The van der Waals surface area contributed by atoms with Crippen molar-refractivity contribution < 1.29 is 9.90 Å². The molecule has 0 aliphatic heterocycles. The predicted molar refractivity (Wildman–Crippen MR) is 97.0 cm³/mol. The number of rotatable bonds is 5. The van der Waals surface area contributed by atoms with Gasteiger partial charge in [0.1, 0.15) is 5.69 Å². The van der Waals surface area contributed by atoms with Gasteiger partial charge in [-0.15, -0.1) is 0 Å². The summed E-state index contributed by atoms with van der Waals surface area (Å²) < 4.78 is 1.70. The summed E-state index contributed by atoms with van der Waals surface area (Å²) in [7, 11) is 0. The van der Waals surface area contributed by atoms with E-state index in [1.807, 2.05) is 50.2 Å². The molecular formula is C20H20N2O3. The summed E-state index contributed by atoms with van der Waals surface area (Å²) in [5, 5.41) is 8.91. The van der Waals surface area contributed by atoms with Gasteiger partial charge in [0.05, 0.1) is 24.0 Å². The normalized spacial score (nSPS) is 11.0. The zero-order chi connectivity index (χ0) is 18.0. The Kier molecular flexibility index (Phi) is 4.65. The fourth-order valence-electron chi connectivity index (χ4n) is 2.93. The van der Waals surface area contributed by atoms with E-state index in [0.29, 0.717) is 17.8 Å². The van der Waals surface area contributed by atoms with Crippen LogP contribution in [0.2, 0.25) is 0 Å². The minimum atomic E-state index is -0.935. The number of aromatic nitrogens is 2. The van der Waals surface area contributed by atoms with E-state index in [2.05, 4.69) is 11.1 Å². The van der Waals surface area contributed by atoms with Crippen LogP contribution in [0.15, 0.2) is 47.3 Å². The van der Waals surface area contributed by atoms with Gasteiger partial charge in [-0.3, -0.25) is 9.59 Å². The van der Waals surface area contributed by atoms with Gasteiger partial charge in [0.2, 0.25) is 0 Å². The van der Waals surface area contributed by atoms with Crippen molar-refractivity contribution in [3.8, 4) is 0 Å². The van der Waals surface area contributed by atoms with Crippen LogP contribution in [0.25, 0.3) is 11.0 Å². The molecule has 0 spiro atoms. The third-order valence-corrected chi connectivity index (χ3v) is 4.33. The predicted octanol–water partition coefficient (Wildman–Crippen LogP) is 3.08. The van der Waals surface area contributed by atoms with Crippen molar-refractivity contribution in [2.24, 2.45) is 0 Å². The molecule has 0 fully saturated rings. The highest BCUT2D eigenvalue weighted by Gasteiger charge is 2.13. The first-order valence-electron chi connectivity index (χ1n) is 8.22. The molecule has 0 aliphatic carbocycles. The highest BCUT2D eigenvalue weighted by Crippen LogP contribution is 2.16. The molecular weight excluding hydrogens is 316 g/mol. The van der Waals surface area contributed by atoms with Gasteiger partial charge in [-0.25, -0.2) is 4.98 Å². The number of hydrogen-bond donors (Lipinski definition) is 1. The van der Waals surface area contributed by atoms with Gasteiger partial charge >= 0.3 is 5.97 Å². The molecule has 2 aromatic carbocycles. The Labute approximate surface area is 145 Å². The van der Waals surface area contributed by atoms with Crippen molar-refractivity contribution in [1.29, 1.82) is 0 Å². The Balaban J connectivity index is 2.14. The van der Waals surface area contributed by atoms with Crippen LogP contribution in [0.3, 0.4) is 0 Å². The molecule has 1 heterocycles. The lowest BCUT2D eigenvalue weighted by atomic mass is 10.1. The Morgan fingerprint density at radius 2 is 1.92 bits per heavy atom. The second-order valence-corrected chi connectivity index (χ2v) is 6.26. The third kappa shape index (κ3) is 3.60. The lowest BCUT2D eigenvalue weighted by Crippen LogP contribution is -2.27. The third-order valence-electron chi connectivity index (χ3n) is 4.33. The molecule has 0 bridgehead atoms. The summed E-state index contributed by atoms with van der Waals surface area (Å²) in [6.45, 7) is 4.48. The Morgan fingerprint density at radius 1 is 1.16 bits per heavy atom. The van der Waals surface area contributed by atoms with E-state index < -0.39 is 5.97 Å². The molecule has 25 heavy (non-hydrogen) atoms. The molecule has 0 aliphatic rings. The largest absolute Gasteiger partial charge is 0.481 e. The zero-order valence-electron chi connectivity index (χ0n) is 14.3. The van der Waals surface area contributed by atoms with E-state index in [0.717, 1.165) is 22.2 Å². The minimum Gasteiger partial charge on any atom is -0.481 e. The van der Waals surface area contributed by atoms with E-state index in [-0.39, 0.29) is 18.4 Å². The van der Waals surface area contributed by atoms with E-state index in [4.69, 9.17) is 5.11 Å². The number of aliphatic carboxylic acids is 1. The summed E-state index contributed by atoms with van der Waals surface area (Å²) in [5.74, 6) is -0.935. The van der Waals surface area contributed by atoms with Gasteiger partial charge in [-0.2, -0.15) is 0 Å². The summed E-state index contributed by atoms with van der Waals surface area (Å²) in [6, 6.07) is 13.6. The number of carboxylic acid groups (broad SMARTS) is 1. The van der Waals surface area contributed by atoms with Gasteiger partial charge < -0.3 is 9.67 Å². The van der Waals surface area contributed by atoms with Crippen molar-refractivity contribution in [2.45, 2.75) is 33.2 Å². The van der Waals surface area contributed by atoms with Crippen LogP contribution in [0.5, 0.6) is 0 Å². The zero-order valence-corrected chi connectivity index (χ0v) is 14.3.